The van der Waals surface area contributed by atoms with E-state index in [1.807, 2.05) is 36.8 Å². The number of hydrogen-bond acceptors (Lipinski definition) is 5. The van der Waals surface area contributed by atoms with Gasteiger partial charge in [-0.15, -0.1) is 0 Å². The van der Waals surface area contributed by atoms with Crippen molar-refractivity contribution >= 4 is 16.5 Å². The summed E-state index contributed by atoms with van der Waals surface area (Å²) < 4.78 is 8.42. The normalized spacial score (nSPS) is 17.7. The standard InChI is InChI=1S/C26H23N5O/c27-12-20-5-4-18-10-26(20)32-23-7-6-19-2-1-3-25(24(19)11-23)30-9-8-21(16-30)29-14-22-13-28-17-31(22)15-18/h1-7,10-11,13,17,21,29H,8-9,14-16H2/t21-/m0/s1. The molecule has 6 rings (SSSR count). The number of ether oxygens (including phenoxy) is 1. The van der Waals surface area contributed by atoms with E-state index in [9.17, 15) is 5.26 Å². The first kappa shape index (κ1) is 18.9. The van der Waals surface area contributed by atoms with Crippen LogP contribution in [0.2, 0.25) is 0 Å². The van der Waals surface area contributed by atoms with E-state index in [1.165, 1.54) is 16.5 Å². The molecule has 0 radical (unpaired) electrons. The molecule has 1 N–H and O–H groups in total. The molecule has 0 unspecified atom stereocenters. The number of benzene rings is 3. The van der Waals surface area contributed by atoms with Crippen molar-refractivity contribution in [3.8, 4) is 17.6 Å². The molecule has 0 saturated carbocycles. The number of nitrogens with zero attached hydrogens (tertiary/aromatic N) is 4. The highest BCUT2D eigenvalue weighted by Crippen LogP contribution is 2.34. The molecule has 1 saturated heterocycles. The van der Waals surface area contributed by atoms with Gasteiger partial charge >= 0.3 is 0 Å². The van der Waals surface area contributed by atoms with E-state index in [0.29, 0.717) is 23.9 Å². The Morgan fingerprint density at radius 1 is 1.12 bits per heavy atom. The zero-order valence-corrected chi connectivity index (χ0v) is 17.7. The summed E-state index contributed by atoms with van der Waals surface area (Å²) in [6.07, 6.45) is 4.90. The van der Waals surface area contributed by atoms with Gasteiger partial charge in [0.05, 0.1) is 17.6 Å². The van der Waals surface area contributed by atoms with E-state index in [-0.39, 0.29) is 0 Å². The summed E-state index contributed by atoms with van der Waals surface area (Å²) in [7, 11) is 0. The summed E-state index contributed by atoms with van der Waals surface area (Å²) in [5.74, 6) is 1.32. The average molecular weight is 422 g/mol. The molecule has 0 amide bonds. The van der Waals surface area contributed by atoms with Gasteiger partial charge in [-0.2, -0.15) is 5.26 Å². The Morgan fingerprint density at radius 3 is 3.03 bits per heavy atom. The van der Waals surface area contributed by atoms with Crippen molar-refractivity contribution in [1.82, 2.24) is 14.9 Å². The predicted molar refractivity (Wildman–Crippen MR) is 124 cm³/mol. The van der Waals surface area contributed by atoms with Crippen LogP contribution in [0.25, 0.3) is 10.8 Å². The maximum atomic E-state index is 9.63. The Balaban J connectivity index is 1.49. The molecule has 2 aliphatic rings. The van der Waals surface area contributed by atoms with Gasteiger partial charge < -0.3 is 19.5 Å². The second-order valence-corrected chi connectivity index (χ2v) is 8.53. The summed E-state index contributed by atoms with van der Waals surface area (Å²) in [5.41, 5.74) is 3.97. The van der Waals surface area contributed by atoms with E-state index in [4.69, 9.17) is 4.74 Å². The van der Waals surface area contributed by atoms with Crippen molar-refractivity contribution in [1.29, 1.82) is 5.26 Å². The Bertz CT molecular complexity index is 1350. The minimum Gasteiger partial charge on any atom is -0.456 e. The average Bonchev–Trinajstić information content (AvgIpc) is 3.46. The first-order chi connectivity index (χ1) is 15.8. The van der Waals surface area contributed by atoms with Crippen molar-refractivity contribution in [2.75, 3.05) is 18.0 Å². The van der Waals surface area contributed by atoms with E-state index >= 15 is 0 Å². The monoisotopic (exact) mass is 421 g/mol. The first-order valence-electron chi connectivity index (χ1n) is 11.0. The van der Waals surface area contributed by atoms with Crippen molar-refractivity contribution in [2.24, 2.45) is 0 Å². The second kappa shape index (κ2) is 7.70. The molecule has 6 heteroatoms. The topological polar surface area (TPSA) is 66.1 Å². The molecule has 1 aromatic heterocycles. The molecular formula is C26H23N5O. The second-order valence-electron chi connectivity index (χ2n) is 8.53. The lowest BCUT2D eigenvalue weighted by Crippen LogP contribution is -2.32. The number of imidazole rings is 1. The maximum Gasteiger partial charge on any atom is 0.145 e. The molecule has 3 aromatic carbocycles. The SMILES string of the molecule is N#Cc1ccc2cc1Oc1ccc3cccc(c3c1)N1CC[C@@H](C1)NCc1cncn1C2. The number of nitriles is 1. The van der Waals surface area contributed by atoms with E-state index in [0.717, 1.165) is 43.1 Å². The van der Waals surface area contributed by atoms with Gasteiger partial charge in [0.1, 0.15) is 17.6 Å². The molecule has 4 aromatic rings. The fourth-order valence-corrected chi connectivity index (χ4v) is 4.77. The van der Waals surface area contributed by atoms with Gasteiger partial charge in [0, 0.05) is 49.5 Å². The van der Waals surface area contributed by atoms with Crippen molar-refractivity contribution in [3.05, 3.63) is 83.9 Å². The smallest absolute Gasteiger partial charge is 0.145 e. The first-order valence-corrected chi connectivity index (χ1v) is 11.0. The van der Waals surface area contributed by atoms with Gasteiger partial charge in [-0.25, -0.2) is 4.98 Å². The third kappa shape index (κ3) is 3.37. The summed E-state index contributed by atoms with van der Waals surface area (Å²) in [6.45, 7) is 3.44. The molecule has 0 spiro atoms. The third-order valence-corrected chi connectivity index (χ3v) is 6.48. The van der Waals surface area contributed by atoms with Crippen molar-refractivity contribution in [3.63, 3.8) is 0 Å². The van der Waals surface area contributed by atoms with Crippen LogP contribution in [-0.4, -0.2) is 28.7 Å². The van der Waals surface area contributed by atoms with Crippen LogP contribution in [0.4, 0.5) is 5.69 Å². The lowest BCUT2D eigenvalue weighted by atomic mass is 10.1. The summed E-state index contributed by atoms with van der Waals surface area (Å²) in [5, 5.41) is 15.7. The zero-order valence-electron chi connectivity index (χ0n) is 17.7. The molecule has 2 aliphatic heterocycles. The van der Waals surface area contributed by atoms with Crippen LogP contribution < -0.4 is 15.0 Å². The number of rotatable bonds is 0. The lowest BCUT2D eigenvalue weighted by molar-refractivity contribution is 0.480. The minimum atomic E-state index is 0.433. The van der Waals surface area contributed by atoms with E-state index in [1.54, 1.807) is 0 Å². The van der Waals surface area contributed by atoms with E-state index < -0.39 is 0 Å². The van der Waals surface area contributed by atoms with Gasteiger partial charge in [0.15, 0.2) is 0 Å². The summed E-state index contributed by atoms with van der Waals surface area (Å²) in [4.78, 5) is 6.82. The van der Waals surface area contributed by atoms with Gasteiger partial charge in [0.2, 0.25) is 0 Å². The molecule has 0 aliphatic carbocycles. The highest BCUT2D eigenvalue weighted by Gasteiger charge is 2.24. The van der Waals surface area contributed by atoms with Crippen molar-refractivity contribution < 1.29 is 4.74 Å². The molecular weight excluding hydrogens is 398 g/mol. The van der Waals surface area contributed by atoms with Crippen LogP contribution >= 0.6 is 0 Å². The van der Waals surface area contributed by atoms with Crippen molar-refractivity contribution in [2.45, 2.75) is 25.6 Å². The van der Waals surface area contributed by atoms with Crippen LogP contribution in [0.15, 0.2) is 67.1 Å². The molecule has 6 nitrogen and oxygen atoms in total. The highest BCUT2D eigenvalue weighted by atomic mass is 16.5. The molecule has 6 bridgehead atoms. The van der Waals surface area contributed by atoms with Crippen LogP contribution in [0.3, 0.4) is 0 Å². The van der Waals surface area contributed by atoms with Gasteiger partial charge in [-0.05, 0) is 47.7 Å². The molecule has 158 valence electrons. The van der Waals surface area contributed by atoms with Crippen LogP contribution in [0.1, 0.15) is 23.2 Å². The Labute approximate surface area is 186 Å². The Morgan fingerprint density at radius 2 is 2.09 bits per heavy atom. The number of anilines is 1. The fourth-order valence-electron chi connectivity index (χ4n) is 4.77. The molecule has 3 heterocycles. The minimum absolute atomic E-state index is 0.433. The van der Waals surface area contributed by atoms with Gasteiger partial charge in [-0.1, -0.05) is 24.3 Å². The zero-order chi connectivity index (χ0) is 21.5. The largest absolute Gasteiger partial charge is 0.456 e. The molecule has 1 atom stereocenters. The number of hydrogen-bond donors (Lipinski definition) is 1. The fraction of sp³-hybridized carbons (Fsp3) is 0.231. The Kier molecular flexibility index (Phi) is 4.55. The predicted octanol–water partition coefficient (Wildman–Crippen LogP) is 4.43. The van der Waals surface area contributed by atoms with Crippen LogP contribution in [-0.2, 0) is 13.1 Å². The van der Waals surface area contributed by atoms with Gasteiger partial charge in [0.25, 0.3) is 0 Å². The Hall–Kier alpha value is -3.82. The number of fused-ring (bicyclic) bond motifs is 7. The lowest BCUT2D eigenvalue weighted by Gasteiger charge is -2.22. The van der Waals surface area contributed by atoms with Gasteiger partial charge in [-0.3, -0.25) is 0 Å². The van der Waals surface area contributed by atoms with E-state index in [2.05, 4.69) is 56.2 Å². The third-order valence-electron chi connectivity index (χ3n) is 6.48. The summed E-state index contributed by atoms with van der Waals surface area (Å²) >= 11 is 0. The molecule has 32 heavy (non-hydrogen) atoms. The molecule has 1 fully saturated rings. The quantitative estimate of drug-likeness (QED) is 0.455. The summed E-state index contributed by atoms with van der Waals surface area (Å²) in [6, 6.07) is 21.1. The van der Waals surface area contributed by atoms with Crippen LogP contribution in [0.5, 0.6) is 11.5 Å². The number of nitrogens with one attached hydrogen (secondary N) is 1. The number of aromatic nitrogens is 2. The highest BCUT2D eigenvalue weighted by molar-refractivity contribution is 5.95. The van der Waals surface area contributed by atoms with Crippen LogP contribution in [0, 0.1) is 11.3 Å². The maximum absolute atomic E-state index is 9.63.